The minimum absolute atomic E-state index is 0.169. The first kappa shape index (κ1) is 12.9. The topological polar surface area (TPSA) is 47.6 Å². The summed E-state index contributed by atoms with van der Waals surface area (Å²) in [6.07, 6.45) is 2.21. The molecular weight excluding hydrogens is 230 g/mol. The zero-order valence-corrected chi connectivity index (χ0v) is 10.6. The number of esters is 1. The highest BCUT2D eigenvalue weighted by Crippen LogP contribution is 2.33. The summed E-state index contributed by atoms with van der Waals surface area (Å²) in [7, 11) is 1.43. The van der Waals surface area contributed by atoms with Crippen LogP contribution in [0.2, 0.25) is 0 Å². The van der Waals surface area contributed by atoms with Gasteiger partial charge in [-0.3, -0.25) is 4.79 Å². The maximum absolute atomic E-state index is 11.5. The van der Waals surface area contributed by atoms with Gasteiger partial charge in [0.25, 0.3) is 0 Å². The highest BCUT2D eigenvalue weighted by atomic mass is 16.5. The summed E-state index contributed by atoms with van der Waals surface area (Å²) < 4.78 is 10.3. The first-order valence-corrected chi connectivity index (χ1v) is 6.30. The molecule has 98 valence electrons. The zero-order chi connectivity index (χ0) is 12.8. The zero-order valence-electron chi connectivity index (χ0n) is 10.6. The van der Waals surface area contributed by atoms with Crippen LogP contribution in [0.3, 0.4) is 0 Å². The van der Waals surface area contributed by atoms with Gasteiger partial charge in [-0.2, -0.15) is 0 Å². The minimum atomic E-state index is -0.172. The summed E-state index contributed by atoms with van der Waals surface area (Å²) in [5.41, 5.74) is 0. The molecule has 1 atom stereocenters. The van der Waals surface area contributed by atoms with E-state index in [0.717, 1.165) is 18.6 Å². The number of rotatable bonds is 7. The van der Waals surface area contributed by atoms with Crippen LogP contribution < -0.4 is 10.1 Å². The average molecular weight is 249 g/mol. The summed E-state index contributed by atoms with van der Waals surface area (Å²) in [5.74, 6) is 1.12. The Morgan fingerprint density at radius 3 is 2.72 bits per heavy atom. The number of carbonyl (C=O) groups is 1. The molecule has 1 N–H and O–H groups in total. The number of para-hydroxylation sites is 1. The Kier molecular flexibility index (Phi) is 4.59. The molecule has 1 unspecified atom stereocenters. The Balaban J connectivity index is 1.69. The van der Waals surface area contributed by atoms with Crippen LogP contribution in [0.5, 0.6) is 5.75 Å². The van der Waals surface area contributed by atoms with Crippen LogP contribution in [0.1, 0.15) is 12.8 Å². The van der Waals surface area contributed by atoms with Crippen molar-refractivity contribution >= 4 is 5.97 Å². The third-order valence-corrected chi connectivity index (χ3v) is 3.03. The molecular formula is C14H19NO3. The lowest BCUT2D eigenvalue weighted by Crippen LogP contribution is -2.41. The van der Waals surface area contributed by atoms with Crippen molar-refractivity contribution in [3.63, 3.8) is 0 Å². The van der Waals surface area contributed by atoms with Gasteiger partial charge in [0.1, 0.15) is 18.4 Å². The molecule has 18 heavy (non-hydrogen) atoms. The van der Waals surface area contributed by atoms with Crippen LogP contribution in [0.4, 0.5) is 0 Å². The van der Waals surface area contributed by atoms with E-state index in [1.807, 2.05) is 30.3 Å². The molecule has 0 aliphatic heterocycles. The molecule has 0 heterocycles. The second-order valence-electron chi connectivity index (χ2n) is 4.45. The Hall–Kier alpha value is -1.55. The van der Waals surface area contributed by atoms with Gasteiger partial charge >= 0.3 is 5.97 Å². The van der Waals surface area contributed by atoms with Crippen LogP contribution in [0.25, 0.3) is 0 Å². The Morgan fingerprint density at radius 1 is 1.39 bits per heavy atom. The van der Waals surface area contributed by atoms with E-state index in [1.165, 1.54) is 7.11 Å². The number of carbonyl (C=O) groups excluding carboxylic acids is 1. The third-order valence-electron chi connectivity index (χ3n) is 3.03. The van der Waals surface area contributed by atoms with Crippen molar-refractivity contribution < 1.29 is 14.3 Å². The standard InChI is InChI=1S/C14H19NO3/c1-17-14(16)13(11-7-8-11)15-9-10-18-12-5-3-2-4-6-12/h2-6,11,13,15H,7-10H2,1H3. The maximum atomic E-state index is 11.5. The Morgan fingerprint density at radius 2 is 2.11 bits per heavy atom. The van der Waals surface area contributed by atoms with Crippen molar-refractivity contribution in [1.82, 2.24) is 5.32 Å². The molecule has 4 nitrogen and oxygen atoms in total. The molecule has 0 saturated heterocycles. The SMILES string of the molecule is COC(=O)C(NCCOc1ccccc1)C1CC1. The number of ether oxygens (including phenoxy) is 2. The van der Waals surface area contributed by atoms with Gasteiger partial charge in [-0.15, -0.1) is 0 Å². The van der Waals surface area contributed by atoms with E-state index in [1.54, 1.807) is 0 Å². The monoisotopic (exact) mass is 249 g/mol. The van der Waals surface area contributed by atoms with Gasteiger partial charge in [-0.05, 0) is 30.9 Å². The lowest BCUT2D eigenvalue weighted by atomic mass is 10.2. The van der Waals surface area contributed by atoms with Gasteiger partial charge in [0.05, 0.1) is 7.11 Å². The van der Waals surface area contributed by atoms with Gasteiger partial charge < -0.3 is 14.8 Å². The molecule has 1 saturated carbocycles. The molecule has 0 aromatic heterocycles. The fraction of sp³-hybridized carbons (Fsp3) is 0.500. The molecule has 1 fully saturated rings. The predicted octanol–water partition coefficient (Wildman–Crippen LogP) is 1.61. The summed E-state index contributed by atoms with van der Waals surface area (Å²) in [4.78, 5) is 11.5. The van der Waals surface area contributed by atoms with Crippen LogP contribution >= 0.6 is 0 Å². The highest BCUT2D eigenvalue weighted by molar-refractivity contribution is 5.76. The summed E-state index contributed by atoms with van der Waals surface area (Å²) >= 11 is 0. The number of hydrogen-bond acceptors (Lipinski definition) is 4. The summed E-state index contributed by atoms with van der Waals surface area (Å²) in [6, 6.07) is 9.48. The third kappa shape index (κ3) is 3.74. The molecule has 0 amide bonds. The van der Waals surface area contributed by atoms with Crippen LogP contribution in [0, 0.1) is 5.92 Å². The molecule has 0 radical (unpaired) electrons. The van der Waals surface area contributed by atoms with Crippen molar-refractivity contribution in [2.45, 2.75) is 18.9 Å². The molecule has 1 aromatic carbocycles. The smallest absolute Gasteiger partial charge is 0.323 e. The van der Waals surface area contributed by atoms with Crippen molar-refractivity contribution in [3.05, 3.63) is 30.3 Å². The lowest BCUT2D eigenvalue weighted by molar-refractivity contribution is -0.143. The quantitative estimate of drug-likeness (QED) is 0.589. The number of benzene rings is 1. The second kappa shape index (κ2) is 6.40. The lowest BCUT2D eigenvalue weighted by Gasteiger charge is -2.15. The van der Waals surface area contributed by atoms with Crippen molar-refractivity contribution in [2.75, 3.05) is 20.3 Å². The molecule has 1 aromatic rings. The number of nitrogens with one attached hydrogen (secondary N) is 1. The van der Waals surface area contributed by atoms with Crippen molar-refractivity contribution in [2.24, 2.45) is 5.92 Å². The van der Waals surface area contributed by atoms with E-state index in [-0.39, 0.29) is 12.0 Å². The largest absolute Gasteiger partial charge is 0.492 e. The van der Waals surface area contributed by atoms with Crippen molar-refractivity contribution in [3.8, 4) is 5.75 Å². The van der Waals surface area contributed by atoms with E-state index >= 15 is 0 Å². The van der Waals surface area contributed by atoms with Gasteiger partial charge in [0.15, 0.2) is 0 Å². The van der Waals surface area contributed by atoms with Gasteiger partial charge in [-0.25, -0.2) is 0 Å². The predicted molar refractivity (Wildman–Crippen MR) is 68.5 cm³/mol. The molecule has 1 aliphatic carbocycles. The fourth-order valence-corrected chi connectivity index (χ4v) is 1.90. The van der Waals surface area contributed by atoms with Crippen molar-refractivity contribution in [1.29, 1.82) is 0 Å². The van der Waals surface area contributed by atoms with E-state index in [2.05, 4.69) is 5.32 Å². The number of hydrogen-bond donors (Lipinski definition) is 1. The molecule has 4 heteroatoms. The van der Waals surface area contributed by atoms with Crippen LogP contribution in [-0.2, 0) is 9.53 Å². The van der Waals surface area contributed by atoms with E-state index in [0.29, 0.717) is 19.1 Å². The van der Waals surface area contributed by atoms with E-state index in [4.69, 9.17) is 9.47 Å². The minimum Gasteiger partial charge on any atom is -0.492 e. The molecule has 1 aliphatic rings. The highest BCUT2D eigenvalue weighted by Gasteiger charge is 2.36. The average Bonchev–Trinajstić information content (AvgIpc) is 3.23. The van der Waals surface area contributed by atoms with E-state index < -0.39 is 0 Å². The van der Waals surface area contributed by atoms with Crippen LogP contribution in [0.15, 0.2) is 30.3 Å². The molecule has 2 rings (SSSR count). The van der Waals surface area contributed by atoms with E-state index in [9.17, 15) is 4.79 Å². The first-order chi connectivity index (χ1) is 8.81. The molecule has 0 bridgehead atoms. The number of methoxy groups -OCH3 is 1. The first-order valence-electron chi connectivity index (χ1n) is 6.30. The van der Waals surface area contributed by atoms with Gasteiger partial charge in [-0.1, -0.05) is 18.2 Å². The summed E-state index contributed by atoms with van der Waals surface area (Å²) in [6.45, 7) is 1.19. The molecule has 0 spiro atoms. The van der Waals surface area contributed by atoms with Crippen LogP contribution in [-0.4, -0.2) is 32.3 Å². The van der Waals surface area contributed by atoms with Gasteiger partial charge in [0.2, 0.25) is 0 Å². The van der Waals surface area contributed by atoms with Gasteiger partial charge in [0, 0.05) is 6.54 Å². The Bertz CT molecular complexity index is 376. The Labute approximate surface area is 107 Å². The summed E-state index contributed by atoms with van der Waals surface area (Å²) in [5, 5.41) is 3.20. The normalized spacial score (nSPS) is 16.1. The second-order valence-corrected chi connectivity index (χ2v) is 4.45. The fourth-order valence-electron chi connectivity index (χ4n) is 1.90. The maximum Gasteiger partial charge on any atom is 0.323 e.